The van der Waals surface area contributed by atoms with E-state index in [1.54, 1.807) is 0 Å². The quantitative estimate of drug-likeness (QED) is 0.299. The zero-order valence-electron chi connectivity index (χ0n) is 11.6. The fraction of sp³-hybridized carbons (Fsp3) is 1.00. The maximum Gasteiger partial charge on any atom is -0.0144 e. The molecule has 2 heteroatoms. The van der Waals surface area contributed by atoms with Gasteiger partial charge >= 0.3 is 0 Å². The van der Waals surface area contributed by atoms with Crippen LogP contribution in [0.2, 0.25) is 0 Å². The Hall–Kier alpha value is 1.08. The molecule has 0 rings (SSSR count). The van der Waals surface area contributed by atoms with Crippen LogP contribution in [0.15, 0.2) is 0 Å². The van der Waals surface area contributed by atoms with E-state index in [0.29, 0.717) is 0 Å². The Morgan fingerprint density at radius 2 is 1.12 bits per heavy atom. The van der Waals surface area contributed by atoms with E-state index in [1.165, 1.54) is 68.6 Å². The van der Waals surface area contributed by atoms with Gasteiger partial charge in [0.25, 0.3) is 0 Å². The molecule has 0 aliphatic heterocycles. The van der Waals surface area contributed by atoms with E-state index < -0.39 is 0 Å². The third-order valence-electron chi connectivity index (χ3n) is 3.00. The van der Waals surface area contributed by atoms with Crippen molar-refractivity contribution in [3.8, 4) is 0 Å². The molecule has 0 nitrogen and oxygen atoms in total. The standard InChI is InChI=1S/C14H31IS/c1-4-7-8-9-10-11-14-16(15,12-5-2)13-6-3/h4-14H2,1-3H3. The molecule has 0 N–H and O–H groups in total. The lowest BCUT2D eigenvalue weighted by Crippen LogP contribution is -2.06. The lowest BCUT2D eigenvalue weighted by Gasteiger charge is -2.33. The Kier molecular flexibility index (Phi) is 11.9. The molecule has 0 fully saturated rings. The molecule has 0 aromatic heterocycles. The minimum absolute atomic E-state index is 0.262. The molecule has 16 heavy (non-hydrogen) atoms. The number of hydrogen-bond donors (Lipinski definition) is 0. The van der Waals surface area contributed by atoms with Crippen molar-refractivity contribution < 1.29 is 0 Å². The minimum Gasteiger partial charge on any atom is -0.187 e. The van der Waals surface area contributed by atoms with Gasteiger partial charge < -0.3 is 0 Å². The zero-order valence-corrected chi connectivity index (χ0v) is 14.5. The van der Waals surface area contributed by atoms with Gasteiger partial charge in [-0.15, -0.1) is 0 Å². The fourth-order valence-corrected chi connectivity index (χ4v) is 8.55. The first kappa shape index (κ1) is 17.1. The molecule has 0 unspecified atom stereocenters. The summed E-state index contributed by atoms with van der Waals surface area (Å²) in [6, 6.07) is 0. The molecule has 0 aromatic carbocycles. The van der Waals surface area contributed by atoms with Crippen molar-refractivity contribution in [2.45, 2.75) is 72.1 Å². The van der Waals surface area contributed by atoms with Gasteiger partial charge in [0.1, 0.15) is 0 Å². The highest BCUT2D eigenvalue weighted by Crippen LogP contribution is 2.57. The maximum atomic E-state index is 2.83. The summed E-state index contributed by atoms with van der Waals surface area (Å²) in [6.07, 6.45) is 11.5. The molecule has 0 heterocycles. The van der Waals surface area contributed by atoms with E-state index in [1.807, 2.05) is 0 Å². The van der Waals surface area contributed by atoms with Gasteiger partial charge in [-0.2, -0.15) is 7.20 Å². The topological polar surface area (TPSA) is 0 Å². The Bertz CT molecular complexity index is 142. The van der Waals surface area contributed by atoms with Crippen LogP contribution < -0.4 is 0 Å². The Balaban J connectivity index is 3.59. The van der Waals surface area contributed by atoms with Crippen LogP contribution in [0.5, 0.6) is 0 Å². The Morgan fingerprint density at radius 1 is 0.625 bits per heavy atom. The van der Waals surface area contributed by atoms with Crippen LogP contribution in [-0.4, -0.2) is 17.3 Å². The van der Waals surface area contributed by atoms with E-state index in [0.717, 1.165) is 0 Å². The van der Waals surface area contributed by atoms with E-state index in [2.05, 4.69) is 42.0 Å². The summed E-state index contributed by atoms with van der Waals surface area (Å²) >= 11 is 2.83. The van der Waals surface area contributed by atoms with Crippen molar-refractivity contribution in [2.24, 2.45) is 0 Å². The summed E-state index contributed by atoms with van der Waals surface area (Å²) in [5, 5.41) is 0. The number of rotatable bonds is 11. The SMILES string of the molecule is CCCCCCCCS(I)(CCC)CCC. The third kappa shape index (κ3) is 9.15. The van der Waals surface area contributed by atoms with Crippen LogP contribution in [-0.2, 0) is 0 Å². The average Bonchev–Trinajstić information content (AvgIpc) is 2.24. The largest absolute Gasteiger partial charge is 0.187 e. The molecule has 0 aliphatic rings. The minimum atomic E-state index is -0.262. The van der Waals surface area contributed by atoms with Gasteiger partial charge in [0, 0.05) is 0 Å². The predicted octanol–water partition coefficient (Wildman–Crippen LogP) is 6.32. The smallest absolute Gasteiger partial charge is 0.0144 e. The van der Waals surface area contributed by atoms with E-state index >= 15 is 0 Å². The normalized spacial score (nSPS) is 13.0. The Morgan fingerprint density at radius 3 is 1.62 bits per heavy atom. The second-order valence-corrected chi connectivity index (χ2v) is 13.5. The Labute approximate surface area is 117 Å². The van der Waals surface area contributed by atoms with Gasteiger partial charge in [0.15, 0.2) is 0 Å². The lowest BCUT2D eigenvalue weighted by molar-refractivity contribution is 0.626. The highest BCUT2D eigenvalue weighted by molar-refractivity contribution is 14.2. The molecule has 0 spiro atoms. The van der Waals surface area contributed by atoms with Crippen molar-refractivity contribution >= 4 is 28.4 Å². The van der Waals surface area contributed by atoms with Crippen LogP contribution in [0.3, 0.4) is 0 Å². The van der Waals surface area contributed by atoms with E-state index in [-0.39, 0.29) is 7.20 Å². The highest BCUT2D eigenvalue weighted by atomic mass is 127. The second-order valence-electron chi connectivity index (χ2n) is 4.82. The molecular weight excluding hydrogens is 327 g/mol. The van der Waals surface area contributed by atoms with Crippen LogP contribution in [0.25, 0.3) is 0 Å². The molecule has 0 saturated heterocycles. The maximum absolute atomic E-state index is 2.83. The third-order valence-corrected chi connectivity index (χ3v) is 10.3. The lowest BCUT2D eigenvalue weighted by atomic mass is 10.1. The molecule has 0 amide bonds. The van der Waals surface area contributed by atoms with Crippen LogP contribution in [0.4, 0.5) is 0 Å². The first-order chi connectivity index (χ1) is 7.68. The molecule has 0 aromatic rings. The molecule has 0 bridgehead atoms. The first-order valence-corrected chi connectivity index (χ1v) is 11.8. The summed E-state index contributed by atoms with van der Waals surface area (Å²) in [5.41, 5.74) is 0. The summed E-state index contributed by atoms with van der Waals surface area (Å²) in [4.78, 5) is 0. The van der Waals surface area contributed by atoms with Crippen molar-refractivity contribution in [3.63, 3.8) is 0 Å². The fourth-order valence-electron chi connectivity index (χ4n) is 2.18. The van der Waals surface area contributed by atoms with Gasteiger partial charge in [0.2, 0.25) is 0 Å². The van der Waals surface area contributed by atoms with Gasteiger partial charge in [-0.05, 0) is 57.7 Å². The van der Waals surface area contributed by atoms with Crippen molar-refractivity contribution in [3.05, 3.63) is 0 Å². The van der Waals surface area contributed by atoms with Gasteiger partial charge in [0.05, 0.1) is 0 Å². The summed E-state index contributed by atoms with van der Waals surface area (Å²) < 4.78 is 0. The van der Waals surface area contributed by atoms with Gasteiger partial charge in [-0.3, -0.25) is 0 Å². The number of halogens is 1. The van der Waals surface area contributed by atoms with Crippen LogP contribution >= 0.6 is 28.4 Å². The molecule has 0 atom stereocenters. The van der Waals surface area contributed by atoms with Crippen molar-refractivity contribution in [1.82, 2.24) is 0 Å². The average molecular weight is 358 g/mol. The summed E-state index contributed by atoms with van der Waals surface area (Å²) in [7, 11) is -0.262. The van der Waals surface area contributed by atoms with Crippen LogP contribution in [0.1, 0.15) is 72.1 Å². The molecule has 100 valence electrons. The van der Waals surface area contributed by atoms with Crippen molar-refractivity contribution in [1.29, 1.82) is 0 Å². The molecular formula is C14H31IS. The second kappa shape index (κ2) is 11.2. The monoisotopic (exact) mass is 358 g/mol. The van der Waals surface area contributed by atoms with Gasteiger partial charge in [-0.25, -0.2) is 0 Å². The molecule has 0 aliphatic carbocycles. The molecule has 0 radical (unpaired) electrons. The first-order valence-electron chi connectivity index (χ1n) is 7.14. The van der Waals surface area contributed by atoms with E-state index in [4.69, 9.17) is 0 Å². The highest BCUT2D eigenvalue weighted by Gasteiger charge is 2.17. The molecule has 0 saturated carbocycles. The number of hydrogen-bond acceptors (Lipinski definition) is 0. The zero-order chi connectivity index (χ0) is 12.3. The summed E-state index contributed by atoms with van der Waals surface area (Å²) in [6.45, 7) is 6.98. The van der Waals surface area contributed by atoms with Crippen molar-refractivity contribution in [2.75, 3.05) is 17.3 Å². The summed E-state index contributed by atoms with van der Waals surface area (Å²) in [5.74, 6) is 4.52. The van der Waals surface area contributed by atoms with E-state index in [9.17, 15) is 0 Å². The van der Waals surface area contributed by atoms with Crippen LogP contribution in [0, 0.1) is 0 Å². The van der Waals surface area contributed by atoms with Gasteiger partial charge in [-0.1, -0.05) is 52.9 Å². The predicted molar refractivity (Wildman–Crippen MR) is 90.2 cm³/mol. The number of unbranched alkanes of at least 4 members (excludes halogenated alkanes) is 5.